The van der Waals surface area contributed by atoms with Gasteiger partial charge in [0.1, 0.15) is 11.6 Å². The van der Waals surface area contributed by atoms with Crippen LogP contribution >= 0.6 is 0 Å². The number of carbonyl (C=O) groups excluding carboxylic acids is 2. The summed E-state index contributed by atoms with van der Waals surface area (Å²) < 4.78 is 13.5. The molecule has 3 rings (SSSR count). The van der Waals surface area contributed by atoms with Crippen molar-refractivity contribution in [2.24, 2.45) is 0 Å². The molecule has 8 heteroatoms. The average Bonchev–Trinajstić information content (AvgIpc) is 2.82. The van der Waals surface area contributed by atoms with E-state index in [0.29, 0.717) is 47.6 Å². The zero-order valence-corrected chi connectivity index (χ0v) is 19.1. The first-order valence-corrected chi connectivity index (χ1v) is 10.8. The van der Waals surface area contributed by atoms with Gasteiger partial charge in [0.15, 0.2) is 0 Å². The Kier molecular flexibility index (Phi) is 7.93. The lowest BCUT2D eigenvalue weighted by Crippen LogP contribution is -2.48. The molecule has 7 nitrogen and oxygen atoms in total. The third-order valence-electron chi connectivity index (χ3n) is 5.20. The van der Waals surface area contributed by atoms with Gasteiger partial charge >= 0.3 is 0 Å². The first-order chi connectivity index (χ1) is 16.3. The normalized spacial score (nSPS) is 10.8. The number of nitrogens with zero attached hydrogens (tertiary/aromatic N) is 2. The molecule has 2 amide bonds. The van der Waals surface area contributed by atoms with E-state index < -0.39 is 5.54 Å². The number of anilines is 1. The van der Waals surface area contributed by atoms with Crippen molar-refractivity contribution < 1.29 is 14.0 Å². The van der Waals surface area contributed by atoms with Crippen LogP contribution in [0.3, 0.4) is 0 Å². The van der Waals surface area contributed by atoms with Crippen LogP contribution in [-0.4, -0.2) is 35.9 Å². The summed E-state index contributed by atoms with van der Waals surface area (Å²) in [6.45, 7) is 4.21. The highest BCUT2D eigenvalue weighted by molar-refractivity contribution is 5.99. The molecule has 0 saturated carbocycles. The van der Waals surface area contributed by atoms with Gasteiger partial charge in [0.2, 0.25) is 6.41 Å². The molecule has 1 heterocycles. The molecule has 0 radical (unpaired) electrons. The summed E-state index contributed by atoms with van der Waals surface area (Å²) in [5, 5.41) is 18.1. The molecule has 0 atom stereocenters. The number of nitriles is 1. The zero-order chi connectivity index (χ0) is 24.6. The number of hydrogen-bond donors (Lipinski definition) is 3. The van der Waals surface area contributed by atoms with Gasteiger partial charge in [0.25, 0.3) is 5.91 Å². The lowest BCUT2D eigenvalue weighted by molar-refractivity contribution is -0.110. The van der Waals surface area contributed by atoms with E-state index in [9.17, 15) is 19.2 Å². The Morgan fingerprint density at radius 1 is 1.15 bits per heavy atom. The average molecular weight is 460 g/mol. The Balaban J connectivity index is 1.87. The monoisotopic (exact) mass is 459 g/mol. The van der Waals surface area contributed by atoms with Crippen molar-refractivity contribution in [2.45, 2.75) is 25.8 Å². The van der Waals surface area contributed by atoms with E-state index >= 15 is 0 Å². The highest BCUT2D eigenvalue weighted by Crippen LogP contribution is 2.25. The van der Waals surface area contributed by atoms with Gasteiger partial charge in [0.05, 0.1) is 28.4 Å². The maximum Gasteiger partial charge on any atom is 0.255 e. The molecule has 174 valence electrons. The second-order valence-electron chi connectivity index (χ2n) is 8.39. The molecule has 2 aromatic carbocycles. The molecule has 3 aromatic rings. The van der Waals surface area contributed by atoms with E-state index in [4.69, 9.17) is 0 Å². The minimum atomic E-state index is -0.624. The second kappa shape index (κ2) is 11.1. The number of aromatic nitrogens is 1. The third-order valence-corrected chi connectivity index (χ3v) is 5.20. The van der Waals surface area contributed by atoms with E-state index in [1.807, 2.05) is 12.1 Å². The smallest absolute Gasteiger partial charge is 0.255 e. The SMILES string of the molecule is CC(C)(CNC(=O)c1ccc(-c2ccccc2C#N)nc1NCCc1cccc(F)c1)NC=O. The van der Waals surface area contributed by atoms with Crippen molar-refractivity contribution in [3.05, 3.63) is 83.2 Å². The van der Waals surface area contributed by atoms with Crippen LogP contribution in [0.1, 0.15) is 35.3 Å². The van der Waals surface area contributed by atoms with Gasteiger partial charge in [-0.3, -0.25) is 9.59 Å². The molecule has 0 unspecified atom stereocenters. The van der Waals surface area contributed by atoms with Gasteiger partial charge in [-0.1, -0.05) is 30.3 Å². The van der Waals surface area contributed by atoms with Crippen LogP contribution in [-0.2, 0) is 11.2 Å². The quantitative estimate of drug-likeness (QED) is 0.401. The number of hydrogen-bond acceptors (Lipinski definition) is 5. The summed E-state index contributed by atoms with van der Waals surface area (Å²) in [6.07, 6.45) is 1.12. The summed E-state index contributed by atoms with van der Waals surface area (Å²) in [5.74, 6) is -0.320. The Morgan fingerprint density at radius 2 is 1.94 bits per heavy atom. The Labute approximate surface area is 198 Å². The highest BCUT2D eigenvalue weighted by Gasteiger charge is 2.20. The maximum absolute atomic E-state index is 13.5. The van der Waals surface area contributed by atoms with Gasteiger partial charge < -0.3 is 16.0 Å². The minimum absolute atomic E-state index is 0.215. The number of halogens is 1. The standard InChI is InChI=1S/C26H26FN5O2/c1-26(2,31-17-33)16-30-25(34)22-10-11-23(21-9-4-3-7-19(21)15-28)32-24(22)29-13-12-18-6-5-8-20(27)14-18/h3-11,14,17H,12-13,16H2,1-2H3,(H,29,32)(H,30,34)(H,31,33). The van der Waals surface area contributed by atoms with Crippen LogP contribution in [0.2, 0.25) is 0 Å². The first kappa shape index (κ1) is 24.4. The molecule has 0 saturated heterocycles. The second-order valence-corrected chi connectivity index (χ2v) is 8.39. The third kappa shape index (κ3) is 6.39. The lowest BCUT2D eigenvalue weighted by Gasteiger charge is -2.24. The first-order valence-electron chi connectivity index (χ1n) is 10.8. The number of rotatable bonds is 10. The molecule has 0 aliphatic rings. The van der Waals surface area contributed by atoms with Gasteiger partial charge in [-0.2, -0.15) is 5.26 Å². The molecule has 0 fully saturated rings. The van der Waals surface area contributed by atoms with Gasteiger partial charge in [-0.05, 0) is 56.2 Å². The fraction of sp³-hybridized carbons (Fsp3) is 0.231. The van der Waals surface area contributed by atoms with E-state index in [1.54, 1.807) is 50.2 Å². The fourth-order valence-electron chi connectivity index (χ4n) is 3.36. The van der Waals surface area contributed by atoms with Crippen LogP contribution in [0, 0.1) is 17.1 Å². The van der Waals surface area contributed by atoms with E-state index in [1.165, 1.54) is 12.1 Å². The number of benzene rings is 2. The minimum Gasteiger partial charge on any atom is -0.369 e. The highest BCUT2D eigenvalue weighted by atomic mass is 19.1. The fourth-order valence-corrected chi connectivity index (χ4v) is 3.36. The van der Waals surface area contributed by atoms with Crippen molar-refractivity contribution in [3.63, 3.8) is 0 Å². The Bertz CT molecular complexity index is 1220. The van der Waals surface area contributed by atoms with Crippen molar-refractivity contribution >= 4 is 18.1 Å². The van der Waals surface area contributed by atoms with Gasteiger partial charge in [-0.15, -0.1) is 0 Å². The van der Waals surface area contributed by atoms with Crippen molar-refractivity contribution in [2.75, 3.05) is 18.4 Å². The van der Waals surface area contributed by atoms with Crippen LogP contribution in [0.4, 0.5) is 10.2 Å². The predicted molar refractivity (Wildman–Crippen MR) is 129 cm³/mol. The summed E-state index contributed by atoms with van der Waals surface area (Å²) in [7, 11) is 0. The van der Waals surface area contributed by atoms with Crippen LogP contribution in [0.15, 0.2) is 60.7 Å². The molecular formula is C26H26FN5O2. The van der Waals surface area contributed by atoms with Crippen LogP contribution < -0.4 is 16.0 Å². The molecular weight excluding hydrogens is 433 g/mol. The lowest BCUT2D eigenvalue weighted by atomic mass is 10.0. The molecule has 0 aliphatic carbocycles. The largest absolute Gasteiger partial charge is 0.369 e. The van der Waals surface area contributed by atoms with Crippen molar-refractivity contribution in [1.82, 2.24) is 15.6 Å². The summed E-state index contributed by atoms with van der Waals surface area (Å²) in [5.41, 5.74) is 2.18. The van der Waals surface area contributed by atoms with Crippen LogP contribution in [0.5, 0.6) is 0 Å². The molecule has 3 N–H and O–H groups in total. The number of pyridine rings is 1. The molecule has 1 aromatic heterocycles. The molecule has 0 bridgehead atoms. The van der Waals surface area contributed by atoms with Crippen molar-refractivity contribution in [3.8, 4) is 17.3 Å². The maximum atomic E-state index is 13.5. The summed E-state index contributed by atoms with van der Waals surface area (Å²) in [4.78, 5) is 28.4. The van der Waals surface area contributed by atoms with Crippen LogP contribution in [0.25, 0.3) is 11.3 Å². The zero-order valence-electron chi connectivity index (χ0n) is 19.1. The van der Waals surface area contributed by atoms with Gasteiger partial charge in [0, 0.05) is 18.7 Å². The van der Waals surface area contributed by atoms with Crippen molar-refractivity contribution in [1.29, 1.82) is 5.26 Å². The van der Waals surface area contributed by atoms with E-state index in [0.717, 1.165) is 5.56 Å². The van der Waals surface area contributed by atoms with Gasteiger partial charge in [-0.25, -0.2) is 9.37 Å². The number of nitrogens with one attached hydrogen (secondary N) is 3. The Hall–Kier alpha value is -4.25. The molecule has 0 spiro atoms. The number of amides is 2. The van der Waals surface area contributed by atoms with E-state index in [2.05, 4.69) is 27.0 Å². The number of carbonyl (C=O) groups is 2. The molecule has 0 aliphatic heterocycles. The topological polar surface area (TPSA) is 107 Å². The van der Waals surface area contributed by atoms with E-state index in [-0.39, 0.29) is 18.3 Å². The molecule has 34 heavy (non-hydrogen) atoms. The Morgan fingerprint density at radius 3 is 2.68 bits per heavy atom. The predicted octanol–water partition coefficient (Wildman–Crippen LogP) is 3.67. The summed E-state index contributed by atoms with van der Waals surface area (Å²) >= 11 is 0. The summed E-state index contributed by atoms with van der Waals surface area (Å²) in [6, 6.07) is 18.9.